The van der Waals surface area contributed by atoms with Gasteiger partial charge in [0.1, 0.15) is 0 Å². The molecule has 3 rings (SSSR count). The molecule has 1 aromatic carbocycles. The molecule has 22 heavy (non-hydrogen) atoms. The number of amides is 1. The number of nitrogens with zero attached hydrogens (tertiary/aromatic N) is 2. The van der Waals surface area contributed by atoms with Crippen molar-refractivity contribution in [3.8, 4) is 11.3 Å². The fourth-order valence-electron chi connectivity index (χ4n) is 2.59. The second-order valence-corrected chi connectivity index (χ2v) is 5.78. The second-order valence-electron chi connectivity index (χ2n) is 5.78. The molecule has 0 saturated carbocycles. The summed E-state index contributed by atoms with van der Waals surface area (Å²) in [5.74, 6) is -0.659. The maximum absolute atomic E-state index is 12.4. The third-order valence-electron chi connectivity index (χ3n) is 4.06. The highest BCUT2D eigenvalue weighted by atomic mass is 16.5. The van der Waals surface area contributed by atoms with E-state index in [0.29, 0.717) is 18.7 Å². The standard InChI is InChI=1S/C16H16N2O4/c1-16(15(20)21)7-8-18(10-16)14(19)12-9-13(22-17-12)11-5-3-2-4-6-11/h2-6,9H,7-8,10H2,1H3,(H,20,21)/t16-/m0/s1. The molecule has 1 aromatic heterocycles. The van der Waals surface area contributed by atoms with Gasteiger partial charge < -0.3 is 14.5 Å². The smallest absolute Gasteiger partial charge is 0.311 e. The zero-order valence-electron chi connectivity index (χ0n) is 12.2. The highest BCUT2D eigenvalue weighted by Gasteiger charge is 2.42. The molecule has 0 radical (unpaired) electrons. The van der Waals surface area contributed by atoms with Crippen LogP contribution in [0.3, 0.4) is 0 Å². The molecule has 1 amide bonds. The van der Waals surface area contributed by atoms with E-state index >= 15 is 0 Å². The fraction of sp³-hybridized carbons (Fsp3) is 0.312. The molecule has 1 aliphatic heterocycles. The van der Waals surface area contributed by atoms with Gasteiger partial charge in [-0.1, -0.05) is 35.5 Å². The number of aliphatic carboxylic acids is 1. The summed E-state index contributed by atoms with van der Waals surface area (Å²) in [5.41, 5.74) is 0.154. The van der Waals surface area contributed by atoms with Crippen molar-refractivity contribution >= 4 is 11.9 Å². The van der Waals surface area contributed by atoms with Crippen LogP contribution in [0.1, 0.15) is 23.8 Å². The Morgan fingerprint density at radius 1 is 1.32 bits per heavy atom. The predicted molar refractivity (Wildman–Crippen MR) is 78.2 cm³/mol. The Morgan fingerprint density at radius 3 is 2.68 bits per heavy atom. The number of aromatic nitrogens is 1. The van der Waals surface area contributed by atoms with Gasteiger partial charge in [0.2, 0.25) is 0 Å². The van der Waals surface area contributed by atoms with Crippen molar-refractivity contribution in [1.82, 2.24) is 10.1 Å². The Bertz CT molecular complexity index is 710. The molecule has 0 spiro atoms. The maximum atomic E-state index is 12.4. The van der Waals surface area contributed by atoms with Crippen LogP contribution in [0.2, 0.25) is 0 Å². The zero-order valence-corrected chi connectivity index (χ0v) is 12.2. The zero-order chi connectivity index (χ0) is 15.7. The van der Waals surface area contributed by atoms with E-state index in [1.165, 1.54) is 4.90 Å². The molecule has 1 N–H and O–H groups in total. The van der Waals surface area contributed by atoms with Crippen molar-refractivity contribution in [2.45, 2.75) is 13.3 Å². The summed E-state index contributed by atoms with van der Waals surface area (Å²) in [6.45, 7) is 2.25. The minimum atomic E-state index is -0.887. The van der Waals surface area contributed by atoms with E-state index in [2.05, 4.69) is 5.16 Å². The molecule has 1 aliphatic rings. The minimum Gasteiger partial charge on any atom is -0.481 e. The molecule has 2 heterocycles. The Balaban J connectivity index is 1.77. The van der Waals surface area contributed by atoms with Crippen LogP contribution < -0.4 is 0 Å². The van der Waals surface area contributed by atoms with Gasteiger partial charge in [-0.3, -0.25) is 9.59 Å². The molecule has 6 heteroatoms. The Kier molecular flexibility index (Phi) is 3.44. The SMILES string of the molecule is C[C@]1(C(=O)O)CCN(C(=O)c2cc(-c3ccccc3)on2)C1. The molecule has 1 saturated heterocycles. The first-order valence-electron chi connectivity index (χ1n) is 7.04. The molecule has 0 aliphatic carbocycles. The number of carboxylic acids is 1. The van der Waals surface area contributed by atoms with Crippen LogP contribution in [0.15, 0.2) is 40.9 Å². The Hall–Kier alpha value is -2.63. The summed E-state index contributed by atoms with van der Waals surface area (Å²) < 4.78 is 5.22. The van der Waals surface area contributed by atoms with Gasteiger partial charge in [0.05, 0.1) is 5.41 Å². The number of likely N-dealkylation sites (tertiary alicyclic amines) is 1. The summed E-state index contributed by atoms with van der Waals surface area (Å²) in [7, 11) is 0. The predicted octanol–water partition coefficient (Wildman–Crippen LogP) is 2.28. The van der Waals surface area contributed by atoms with Gasteiger partial charge in [0, 0.05) is 24.7 Å². The van der Waals surface area contributed by atoms with Crippen molar-refractivity contribution < 1.29 is 19.2 Å². The summed E-state index contributed by atoms with van der Waals surface area (Å²) in [4.78, 5) is 25.2. The van der Waals surface area contributed by atoms with Crippen molar-refractivity contribution in [2.75, 3.05) is 13.1 Å². The number of hydrogen-bond donors (Lipinski definition) is 1. The normalized spacial score (nSPS) is 21.0. The van der Waals surface area contributed by atoms with Crippen molar-refractivity contribution in [1.29, 1.82) is 0 Å². The van der Waals surface area contributed by atoms with E-state index in [1.54, 1.807) is 13.0 Å². The average Bonchev–Trinajstić information content (AvgIpc) is 3.15. The Morgan fingerprint density at radius 2 is 2.05 bits per heavy atom. The molecule has 1 atom stereocenters. The third kappa shape index (κ3) is 2.47. The number of carbonyl (C=O) groups excluding carboxylic acids is 1. The van der Waals surface area contributed by atoms with E-state index in [9.17, 15) is 14.7 Å². The van der Waals surface area contributed by atoms with Crippen LogP contribution in [-0.2, 0) is 4.79 Å². The average molecular weight is 300 g/mol. The lowest BCUT2D eigenvalue weighted by atomic mass is 9.90. The van der Waals surface area contributed by atoms with Gasteiger partial charge >= 0.3 is 5.97 Å². The highest BCUT2D eigenvalue weighted by Crippen LogP contribution is 2.31. The van der Waals surface area contributed by atoms with Crippen molar-refractivity contribution in [3.05, 3.63) is 42.1 Å². The highest BCUT2D eigenvalue weighted by molar-refractivity contribution is 5.94. The van der Waals surface area contributed by atoms with Gasteiger partial charge in [-0.15, -0.1) is 0 Å². The molecule has 6 nitrogen and oxygen atoms in total. The van der Waals surface area contributed by atoms with E-state index in [4.69, 9.17) is 4.52 Å². The molecule has 114 valence electrons. The van der Waals surface area contributed by atoms with Gasteiger partial charge in [0.15, 0.2) is 11.5 Å². The van der Waals surface area contributed by atoms with Crippen LogP contribution in [-0.4, -0.2) is 40.1 Å². The topological polar surface area (TPSA) is 83.6 Å². The van der Waals surface area contributed by atoms with E-state index in [-0.39, 0.29) is 18.1 Å². The van der Waals surface area contributed by atoms with Crippen LogP contribution in [0.4, 0.5) is 0 Å². The van der Waals surface area contributed by atoms with Gasteiger partial charge in [-0.2, -0.15) is 0 Å². The largest absolute Gasteiger partial charge is 0.481 e. The van der Waals surface area contributed by atoms with Crippen LogP contribution >= 0.6 is 0 Å². The summed E-state index contributed by atoms with van der Waals surface area (Å²) in [5, 5.41) is 13.0. The fourth-order valence-corrected chi connectivity index (χ4v) is 2.59. The number of carboxylic acid groups (broad SMARTS) is 1. The summed E-state index contributed by atoms with van der Waals surface area (Å²) in [6.07, 6.45) is 0.442. The van der Waals surface area contributed by atoms with E-state index in [1.807, 2.05) is 30.3 Å². The molecule has 0 bridgehead atoms. The molecular weight excluding hydrogens is 284 g/mol. The summed E-state index contributed by atoms with van der Waals surface area (Å²) >= 11 is 0. The van der Waals surface area contributed by atoms with Crippen LogP contribution in [0.5, 0.6) is 0 Å². The first-order valence-corrected chi connectivity index (χ1v) is 7.04. The molecular formula is C16H16N2O4. The number of carbonyl (C=O) groups is 2. The maximum Gasteiger partial charge on any atom is 0.311 e. The van der Waals surface area contributed by atoms with Crippen LogP contribution in [0, 0.1) is 5.41 Å². The Labute approximate surface area is 127 Å². The minimum absolute atomic E-state index is 0.189. The lowest BCUT2D eigenvalue weighted by Gasteiger charge is -2.19. The first-order chi connectivity index (χ1) is 10.5. The van der Waals surface area contributed by atoms with E-state index in [0.717, 1.165) is 5.56 Å². The quantitative estimate of drug-likeness (QED) is 0.940. The lowest BCUT2D eigenvalue weighted by Crippen LogP contribution is -2.35. The van der Waals surface area contributed by atoms with Gasteiger partial charge in [0.25, 0.3) is 5.91 Å². The van der Waals surface area contributed by atoms with Gasteiger partial charge in [-0.25, -0.2) is 0 Å². The molecule has 0 unspecified atom stereocenters. The van der Waals surface area contributed by atoms with Crippen molar-refractivity contribution in [2.24, 2.45) is 5.41 Å². The monoisotopic (exact) mass is 300 g/mol. The number of benzene rings is 1. The van der Waals surface area contributed by atoms with Crippen molar-refractivity contribution in [3.63, 3.8) is 0 Å². The first kappa shape index (κ1) is 14.3. The lowest BCUT2D eigenvalue weighted by molar-refractivity contribution is -0.147. The van der Waals surface area contributed by atoms with E-state index < -0.39 is 11.4 Å². The molecule has 2 aromatic rings. The molecule has 1 fully saturated rings. The number of hydrogen-bond acceptors (Lipinski definition) is 4. The second kappa shape index (κ2) is 5.29. The van der Waals surface area contributed by atoms with Gasteiger partial charge in [-0.05, 0) is 13.3 Å². The summed E-state index contributed by atoms with van der Waals surface area (Å²) in [6, 6.07) is 11.0. The number of rotatable bonds is 3. The third-order valence-corrected chi connectivity index (χ3v) is 4.06. The van der Waals surface area contributed by atoms with Crippen LogP contribution in [0.25, 0.3) is 11.3 Å².